The van der Waals surface area contributed by atoms with Gasteiger partial charge in [0.2, 0.25) is 5.91 Å². The number of imide groups is 1. The summed E-state index contributed by atoms with van der Waals surface area (Å²) in [6.07, 6.45) is 1.59. The molecule has 1 saturated heterocycles. The summed E-state index contributed by atoms with van der Waals surface area (Å²) in [7, 11) is 0. The molecule has 34 heavy (non-hydrogen) atoms. The van der Waals surface area contributed by atoms with Gasteiger partial charge in [0.1, 0.15) is 18.0 Å². The van der Waals surface area contributed by atoms with Gasteiger partial charge in [-0.15, -0.1) is 0 Å². The number of phenols is 1. The molecule has 0 saturated carbocycles. The molecule has 2 aromatic carbocycles. The number of benzene rings is 2. The highest BCUT2D eigenvalue weighted by Crippen LogP contribution is 2.40. The first kappa shape index (κ1) is 25.0. The minimum Gasteiger partial charge on any atom is -0.507 e. The highest BCUT2D eigenvalue weighted by Gasteiger charge is 2.35. The molecule has 0 unspecified atom stereocenters. The third-order valence-corrected chi connectivity index (χ3v) is 5.66. The van der Waals surface area contributed by atoms with Crippen LogP contribution in [0.4, 0.5) is 10.5 Å². The van der Waals surface area contributed by atoms with E-state index in [0.29, 0.717) is 11.3 Å². The van der Waals surface area contributed by atoms with Gasteiger partial charge in [-0.2, -0.15) is 0 Å². The van der Waals surface area contributed by atoms with Crippen molar-refractivity contribution in [1.29, 1.82) is 0 Å². The highest BCUT2D eigenvalue weighted by atomic mass is 16.3. The number of phenolic OH excluding ortho intramolecular Hbond substituents is 1. The Balaban J connectivity index is 1.87. The Kier molecular flexibility index (Phi) is 6.60. The van der Waals surface area contributed by atoms with Crippen LogP contribution in [-0.4, -0.2) is 34.4 Å². The smallest absolute Gasteiger partial charge is 0.329 e. The molecule has 180 valence electrons. The lowest BCUT2D eigenvalue weighted by atomic mass is 9.78. The number of rotatable bonds is 4. The van der Waals surface area contributed by atoms with Gasteiger partial charge >= 0.3 is 6.03 Å². The number of hydrogen-bond acceptors (Lipinski definition) is 4. The van der Waals surface area contributed by atoms with Crippen LogP contribution in [0.2, 0.25) is 0 Å². The summed E-state index contributed by atoms with van der Waals surface area (Å²) in [5.41, 5.74) is 3.24. The Morgan fingerprint density at radius 1 is 1.00 bits per heavy atom. The van der Waals surface area contributed by atoms with Crippen LogP contribution >= 0.6 is 0 Å². The molecule has 4 amide bonds. The Hall–Kier alpha value is -3.61. The van der Waals surface area contributed by atoms with Crippen LogP contribution in [0, 0.1) is 6.92 Å². The van der Waals surface area contributed by atoms with Crippen LogP contribution in [0.25, 0.3) is 6.08 Å². The maximum absolute atomic E-state index is 12.9. The van der Waals surface area contributed by atoms with E-state index in [1.807, 2.05) is 72.7 Å². The van der Waals surface area contributed by atoms with Gasteiger partial charge in [0.25, 0.3) is 5.91 Å². The Morgan fingerprint density at radius 2 is 1.53 bits per heavy atom. The average molecular weight is 464 g/mol. The van der Waals surface area contributed by atoms with Crippen LogP contribution in [0.5, 0.6) is 5.75 Å². The van der Waals surface area contributed by atoms with Crippen molar-refractivity contribution < 1.29 is 19.5 Å². The molecule has 0 aliphatic carbocycles. The molecule has 1 aliphatic heterocycles. The summed E-state index contributed by atoms with van der Waals surface area (Å²) < 4.78 is 0. The molecule has 7 nitrogen and oxygen atoms in total. The molecule has 0 aromatic heterocycles. The van der Waals surface area contributed by atoms with Crippen LogP contribution < -0.4 is 10.6 Å². The summed E-state index contributed by atoms with van der Waals surface area (Å²) in [6, 6.07) is 10.2. The van der Waals surface area contributed by atoms with Crippen molar-refractivity contribution in [1.82, 2.24) is 10.2 Å². The SMILES string of the molecule is Cc1ccc(NC(=O)CN2C(=O)NC(=Cc3cc(C(C)(C)C)c(O)c(C(C)(C)C)c3)C2=O)cc1. The average Bonchev–Trinajstić information content (AvgIpc) is 2.96. The standard InChI is InChI=1S/C27H33N3O4/c1-16-8-10-18(11-9-16)28-22(31)15-30-24(33)21(29-25(30)34)14-17-12-19(26(2,3)4)23(32)20(13-17)27(5,6)7/h8-14,32H,15H2,1-7H3,(H,28,31)(H,29,34). The molecule has 1 heterocycles. The zero-order chi connectivity index (χ0) is 25.4. The van der Waals surface area contributed by atoms with Crippen molar-refractivity contribution in [2.24, 2.45) is 0 Å². The number of aromatic hydroxyl groups is 1. The molecule has 7 heteroatoms. The minimum absolute atomic E-state index is 0.0820. The van der Waals surface area contributed by atoms with Gasteiger partial charge in [-0.25, -0.2) is 9.69 Å². The zero-order valence-electron chi connectivity index (χ0n) is 20.9. The normalized spacial score (nSPS) is 15.6. The first-order chi connectivity index (χ1) is 15.7. The molecule has 3 rings (SSSR count). The third-order valence-electron chi connectivity index (χ3n) is 5.66. The van der Waals surface area contributed by atoms with Crippen molar-refractivity contribution in [3.05, 3.63) is 64.3 Å². The van der Waals surface area contributed by atoms with E-state index in [-0.39, 0.29) is 22.3 Å². The number of aryl methyl sites for hydroxylation is 1. The molecule has 1 fully saturated rings. The Labute approximate surface area is 200 Å². The molecule has 3 N–H and O–H groups in total. The second kappa shape index (κ2) is 8.97. The maximum atomic E-state index is 12.9. The number of urea groups is 1. The summed E-state index contributed by atoms with van der Waals surface area (Å²) in [5, 5.41) is 16.2. The monoisotopic (exact) mass is 463 g/mol. The fourth-order valence-electron chi connectivity index (χ4n) is 3.75. The van der Waals surface area contributed by atoms with E-state index in [0.717, 1.165) is 21.6 Å². The van der Waals surface area contributed by atoms with Gasteiger partial charge < -0.3 is 15.7 Å². The molecule has 1 aliphatic rings. The largest absolute Gasteiger partial charge is 0.507 e. The maximum Gasteiger partial charge on any atom is 0.329 e. The van der Waals surface area contributed by atoms with Crippen molar-refractivity contribution in [2.75, 3.05) is 11.9 Å². The van der Waals surface area contributed by atoms with Gasteiger partial charge in [0.15, 0.2) is 0 Å². The summed E-state index contributed by atoms with van der Waals surface area (Å²) >= 11 is 0. The van der Waals surface area contributed by atoms with E-state index in [1.165, 1.54) is 0 Å². The third kappa shape index (κ3) is 5.47. The number of nitrogens with one attached hydrogen (secondary N) is 2. The van der Waals surface area contributed by atoms with Crippen molar-refractivity contribution >= 4 is 29.6 Å². The van der Waals surface area contributed by atoms with Gasteiger partial charge in [-0.3, -0.25) is 9.59 Å². The molecule has 0 spiro atoms. The number of nitrogens with zero attached hydrogens (tertiary/aromatic N) is 1. The van der Waals surface area contributed by atoms with Gasteiger partial charge in [-0.1, -0.05) is 59.2 Å². The summed E-state index contributed by atoms with van der Waals surface area (Å²) in [6.45, 7) is 13.6. The first-order valence-electron chi connectivity index (χ1n) is 11.3. The minimum atomic E-state index is -0.652. The van der Waals surface area contributed by atoms with Crippen LogP contribution in [0.1, 0.15) is 63.8 Å². The van der Waals surface area contributed by atoms with Crippen molar-refractivity contribution in [2.45, 2.75) is 59.3 Å². The lowest BCUT2D eigenvalue weighted by molar-refractivity contribution is -0.127. The van der Waals surface area contributed by atoms with Gasteiger partial charge in [0, 0.05) is 16.8 Å². The quantitative estimate of drug-likeness (QED) is 0.447. The number of anilines is 1. The van der Waals surface area contributed by atoms with Crippen molar-refractivity contribution in [3.8, 4) is 5.75 Å². The van der Waals surface area contributed by atoms with Gasteiger partial charge in [0.05, 0.1) is 0 Å². The lowest BCUT2D eigenvalue weighted by Crippen LogP contribution is -2.38. The van der Waals surface area contributed by atoms with E-state index in [9.17, 15) is 19.5 Å². The molecule has 2 aromatic rings. The zero-order valence-corrected chi connectivity index (χ0v) is 20.9. The predicted octanol–water partition coefficient (Wildman–Crippen LogP) is 4.83. The number of carbonyl (C=O) groups is 3. The van der Waals surface area contributed by atoms with E-state index in [1.54, 1.807) is 18.2 Å². The van der Waals surface area contributed by atoms with E-state index < -0.39 is 24.4 Å². The molecule has 0 atom stereocenters. The molecule has 0 radical (unpaired) electrons. The number of carbonyl (C=O) groups excluding carboxylic acids is 3. The van der Waals surface area contributed by atoms with E-state index in [2.05, 4.69) is 10.6 Å². The summed E-state index contributed by atoms with van der Waals surface area (Å²) in [4.78, 5) is 38.7. The summed E-state index contributed by atoms with van der Waals surface area (Å²) in [5.74, 6) is -0.812. The van der Waals surface area contributed by atoms with Crippen molar-refractivity contribution in [3.63, 3.8) is 0 Å². The second-order valence-corrected chi connectivity index (χ2v) is 10.8. The van der Waals surface area contributed by atoms with Crippen LogP contribution in [-0.2, 0) is 20.4 Å². The number of hydrogen-bond donors (Lipinski definition) is 3. The first-order valence-corrected chi connectivity index (χ1v) is 11.3. The number of amides is 4. The molecular weight excluding hydrogens is 430 g/mol. The van der Waals surface area contributed by atoms with E-state index in [4.69, 9.17) is 0 Å². The molecular formula is C27H33N3O4. The van der Waals surface area contributed by atoms with Gasteiger partial charge in [-0.05, 0) is 53.7 Å². The fraction of sp³-hybridized carbons (Fsp3) is 0.370. The fourth-order valence-corrected chi connectivity index (χ4v) is 3.75. The second-order valence-electron chi connectivity index (χ2n) is 10.8. The predicted molar refractivity (Wildman–Crippen MR) is 134 cm³/mol. The lowest BCUT2D eigenvalue weighted by Gasteiger charge is -2.28. The topological polar surface area (TPSA) is 98.7 Å². The van der Waals surface area contributed by atoms with E-state index >= 15 is 0 Å². The molecule has 0 bridgehead atoms. The Bertz CT molecular complexity index is 1130. The highest BCUT2D eigenvalue weighted by molar-refractivity contribution is 6.16. The Morgan fingerprint density at radius 3 is 2.03 bits per heavy atom. The van der Waals surface area contributed by atoms with Crippen LogP contribution in [0.3, 0.4) is 0 Å². The van der Waals surface area contributed by atoms with Crippen LogP contribution in [0.15, 0.2) is 42.1 Å².